The number of hydrogen-bond acceptors (Lipinski definition) is 6. The van der Waals surface area contributed by atoms with Crippen molar-refractivity contribution in [3.63, 3.8) is 0 Å². The number of nitrogens with one attached hydrogen (secondary N) is 2. The maximum Gasteiger partial charge on any atom is 0.262 e. The van der Waals surface area contributed by atoms with Crippen LogP contribution in [-0.2, 0) is 13.0 Å². The summed E-state index contributed by atoms with van der Waals surface area (Å²) in [5, 5.41) is 23.0. The Balaban J connectivity index is 1.45. The first-order chi connectivity index (χ1) is 11.8. The van der Waals surface area contributed by atoms with Gasteiger partial charge in [0.2, 0.25) is 0 Å². The van der Waals surface area contributed by atoms with Crippen LogP contribution in [0.1, 0.15) is 11.1 Å². The molecule has 7 heteroatoms. The highest BCUT2D eigenvalue weighted by Gasteiger charge is 2.01. The molecule has 0 bridgehead atoms. The third kappa shape index (κ3) is 4.89. The van der Waals surface area contributed by atoms with Crippen LogP contribution in [0.5, 0.6) is 0 Å². The first-order valence-corrected chi connectivity index (χ1v) is 8.01. The van der Waals surface area contributed by atoms with E-state index in [0.717, 1.165) is 18.5 Å². The lowest BCUT2D eigenvalue weighted by Gasteiger charge is -2.06. The Kier molecular flexibility index (Phi) is 5.52. The molecule has 0 fully saturated rings. The van der Waals surface area contributed by atoms with E-state index in [-0.39, 0.29) is 0 Å². The molecule has 0 unspecified atom stereocenters. The lowest BCUT2D eigenvalue weighted by molar-refractivity contribution is 0.839. The van der Waals surface area contributed by atoms with E-state index in [1.807, 2.05) is 42.5 Å². The van der Waals surface area contributed by atoms with Crippen LogP contribution >= 0.6 is 11.6 Å². The Morgan fingerprint density at radius 3 is 2.00 bits per heavy atom. The van der Waals surface area contributed by atoms with Crippen LogP contribution in [0.3, 0.4) is 0 Å². The second-order valence-corrected chi connectivity index (χ2v) is 5.63. The van der Waals surface area contributed by atoms with Crippen molar-refractivity contribution in [3.05, 3.63) is 70.7 Å². The van der Waals surface area contributed by atoms with Crippen LogP contribution in [0.2, 0.25) is 5.02 Å². The Bertz CT molecular complexity index is 746. The molecular weight excluding hydrogens is 324 g/mol. The second-order valence-electron chi connectivity index (χ2n) is 5.19. The van der Waals surface area contributed by atoms with Gasteiger partial charge in [0.15, 0.2) is 0 Å². The van der Waals surface area contributed by atoms with Crippen molar-refractivity contribution in [1.29, 1.82) is 0 Å². The van der Waals surface area contributed by atoms with Gasteiger partial charge in [-0.25, -0.2) is 0 Å². The van der Waals surface area contributed by atoms with Gasteiger partial charge in [-0.1, -0.05) is 54.1 Å². The van der Waals surface area contributed by atoms with E-state index in [2.05, 4.69) is 43.2 Å². The molecule has 1 heterocycles. The van der Waals surface area contributed by atoms with Gasteiger partial charge in [-0.15, -0.1) is 20.4 Å². The molecule has 3 rings (SSSR count). The van der Waals surface area contributed by atoms with Gasteiger partial charge in [0.1, 0.15) is 0 Å². The Morgan fingerprint density at radius 2 is 1.33 bits per heavy atom. The zero-order valence-corrected chi connectivity index (χ0v) is 13.7. The molecule has 1 aromatic heterocycles. The van der Waals surface area contributed by atoms with Crippen molar-refractivity contribution >= 4 is 23.5 Å². The van der Waals surface area contributed by atoms with Crippen molar-refractivity contribution in [2.24, 2.45) is 0 Å². The highest BCUT2D eigenvalue weighted by atomic mass is 35.5. The summed E-state index contributed by atoms with van der Waals surface area (Å²) < 4.78 is 0. The number of anilines is 2. The van der Waals surface area contributed by atoms with E-state index in [0.29, 0.717) is 23.5 Å². The Hall–Kier alpha value is -2.73. The smallest absolute Gasteiger partial charge is 0.262 e. The number of aromatic nitrogens is 4. The first kappa shape index (κ1) is 16.1. The molecule has 3 aromatic rings. The van der Waals surface area contributed by atoms with E-state index in [1.54, 1.807) is 0 Å². The molecule has 0 saturated heterocycles. The number of rotatable bonds is 7. The summed E-state index contributed by atoms with van der Waals surface area (Å²) in [4.78, 5) is 0. The van der Waals surface area contributed by atoms with Gasteiger partial charge in [-0.3, -0.25) is 0 Å². The average molecular weight is 341 g/mol. The van der Waals surface area contributed by atoms with Crippen molar-refractivity contribution in [2.75, 3.05) is 17.2 Å². The lowest BCUT2D eigenvalue weighted by atomic mass is 10.1. The van der Waals surface area contributed by atoms with Crippen LogP contribution in [0.4, 0.5) is 11.9 Å². The van der Waals surface area contributed by atoms with Gasteiger partial charge in [-0.05, 0) is 29.7 Å². The van der Waals surface area contributed by atoms with Crippen LogP contribution in [-0.4, -0.2) is 26.9 Å². The molecule has 0 aliphatic heterocycles. The van der Waals surface area contributed by atoms with Crippen LogP contribution < -0.4 is 10.6 Å². The third-order valence-electron chi connectivity index (χ3n) is 3.38. The largest absolute Gasteiger partial charge is 0.351 e. The SMILES string of the molecule is Clc1ccc(CNc2nnc(NCCc3ccccc3)nn2)cc1. The van der Waals surface area contributed by atoms with Gasteiger partial charge in [0.05, 0.1) is 0 Å². The summed E-state index contributed by atoms with van der Waals surface area (Å²) in [6, 6.07) is 17.8. The zero-order chi connectivity index (χ0) is 16.6. The third-order valence-corrected chi connectivity index (χ3v) is 3.63. The topological polar surface area (TPSA) is 75.6 Å². The van der Waals surface area contributed by atoms with Crippen molar-refractivity contribution in [2.45, 2.75) is 13.0 Å². The second kappa shape index (κ2) is 8.21. The highest BCUT2D eigenvalue weighted by molar-refractivity contribution is 6.30. The monoisotopic (exact) mass is 340 g/mol. The summed E-state index contributed by atoms with van der Waals surface area (Å²) in [6.45, 7) is 1.31. The van der Waals surface area contributed by atoms with Crippen molar-refractivity contribution in [3.8, 4) is 0 Å². The molecule has 0 spiro atoms. The summed E-state index contributed by atoms with van der Waals surface area (Å²) in [5.74, 6) is 0.807. The predicted molar refractivity (Wildman–Crippen MR) is 95.0 cm³/mol. The maximum absolute atomic E-state index is 5.85. The van der Waals surface area contributed by atoms with Gasteiger partial charge in [-0.2, -0.15) is 0 Å². The summed E-state index contributed by atoms with van der Waals surface area (Å²) in [7, 11) is 0. The quantitative estimate of drug-likeness (QED) is 0.688. The van der Waals surface area contributed by atoms with Crippen LogP contribution in [0, 0.1) is 0 Å². The van der Waals surface area contributed by atoms with Crippen molar-refractivity contribution in [1.82, 2.24) is 20.4 Å². The maximum atomic E-state index is 5.85. The number of benzene rings is 2. The van der Waals surface area contributed by atoms with Crippen LogP contribution in [0.25, 0.3) is 0 Å². The molecule has 2 aromatic carbocycles. The molecule has 2 N–H and O–H groups in total. The molecule has 6 nitrogen and oxygen atoms in total. The van der Waals surface area contributed by atoms with Crippen molar-refractivity contribution < 1.29 is 0 Å². The normalized spacial score (nSPS) is 10.4. The van der Waals surface area contributed by atoms with E-state index in [4.69, 9.17) is 11.6 Å². The number of halogens is 1. The minimum Gasteiger partial charge on any atom is -0.351 e. The Morgan fingerprint density at radius 1 is 0.708 bits per heavy atom. The summed E-state index contributed by atoms with van der Waals surface area (Å²) in [5.41, 5.74) is 2.33. The molecule has 0 amide bonds. The lowest BCUT2D eigenvalue weighted by Crippen LogP contribution is -2.12. The molecule has 24 heavy (non-hydrogen) atoms. The summed E-state index contributed by atoms with van der Waals surface area (Å²) in [6.07, 6.45) is 0.890. The summed E-state index contributed by atoms with van der Waals surface area (Å²) >= 11 is 5.85. The van der Waals surface area contributed by atoms with Gasteiger partial charge in [0, 0.05) is 18.1 Å². The molecule has 0 atom stereocenters. The fourth-order valence-electron chi connectivity index (χ4n) is 2.12. The molecular formula is C17H17ClN6. The highest BCUT2D eigenvalue weighted by Crippen LogP contribution is 2.10. The molecule has 0 saturated carbocycles. The van der Waals surface area contributed by atoms with E-state index in [9.17, 15) is 0 Å². The molecule has 122 valence electrons. The van der Waals surface area contributed by atoms with Gasteiger partial charge < -0.3 is 10.6 Å². The number of nitrogens with zero attached hydrogens (tertiary/aromatic N) is 4. The Labute approximate surface area is 145 Å². The fraction of sp³-hybridized carbons (Fsp3) is 0.176. The van der Waals surface area contributed by atoms with Gasteiger partial charge >= 0.3 is 0 Å². The van der Waals surface area contributed by atoms with Crippen LogP contribution in [0.15, 0.2) is 54.6 Å². The molecule has 0 aliphatic carbocycles. The minimum absolute atomic E-state index is 0.388. The standard InChI is InChI=1S/C17H17ClN6/c18-15-8-6-14(7-9-15)12-20-17-23-21-16(22-24-17)19-11-10-13-4-2-1-3-5-13/h1-9H,10-12H2,(H,19,21,22)(H,20,23,24). The zero-order valence-electron chi connectivity index (χ0n) is 13.0. The van der Waals surface area contributed by atoms with E-state index in [1.165, 1.54) is 5.56 Å². The fourth-order valence-corrected chi connectivity index (χ4v) is 2.24. The number of hydrogen-bond donors (Lipinski definition) is 2. The average Bonchev–Trinajstić information content (AvgIpc) is 2.63. The van der Waals surface area contributed by atoms with Gasteiger partial charge in [0.25, 0.3) is 11.9 Å². The molecule has 0 aliphatic rings. The molecule has 0 radical (unpaired) electrons. The predicted octanol–water partition coefficient (Wildman–Crippen LogP) is 3.19. The first-order valence-electron chi connectivity index (χ1n) is 7.63. The van der Waals surface area contributed by atoms with E-state index < -0.39 is 0 Å². The van der Waals surface area contributed by atoms with E-state index >= 15 is 0 Å². The minimum atomic E-state index is 0.388.